The summed E-state index contributed by atoms with van der Waals surface area (Å²) in [4.78, 5) is 27.1. The molecule has 0 aliphatic carbocycles. The van der Waals surface area contributed by atoms with Gasteiger partial charge in [-0.1, -0.05) is 24.3 Å². The third-order valence-corrected chi connectivity index (χ3v) is 3.61. The summed E-state index contributed by atoms with van der Waals surface area (Å²) in [6.07, 6.45) is 3.77. The number of carboxylic acids is 1. The Balaban J connectivity index is 1.90. The highest BCUT2D eigenvalue weighted by atomic mass is 16.5. The largest absolute Gasteiger partial charge is 0.478 e. The molecule has 0 aromatic heterocycles. The minimum atomic E-state index is -1.07. The van der Waals surface area contributed by atoms with E-state index in [9.17, 15) is 14.7 Å². The summed E-state index contributed by atoms with van der Waals surface area (Å²) in [6, 6.07) is 6.84. The molecule has 1 aromatic carbocycles. The number of hydrogen-bond donors (Lipinski definition) is 1. The van der Waals surface area contributed by atoms with Gasteiger partial charge in [-0.3, -0.25) is 4.90 Å². The molecular formula is C15H16N2O4. The molecule has 1 atom stereocenters. The van der Waals surface area contributed by atoms with E-state index < -0.39 is 12.1 Å². The van der Waals surface area contributed by atoms with E-state index in [2.05, 4.69) is 0 Å². The molecular weight excluding hydrogens is 272 g/mol. The molecule has 2 aliphatic rings. The Morgan fingerprint density at radius 2 is 2.05 bits per heavy atom. The molecule has 3 rings (SSSR count). The van der Waals surface area contributed by atoms with E-state index in [4.69, 9.17) is 4.74 Å². The molecule has 6 nitrogen and oxygen atoms in total. The van der Waals surface area contributed by atoms with E-state index in [0.29, 0.717) is 24.5 Å². The number of rotatable bonds is 1. The van der Waals surface area contributed by atoms with Crippen molar-refractivity contribution < 1.29 is 19.4 Å². The molecule has 0 bridgehead atoms. The summed E-state index contributed by atoms with van der Waals surface area (Å²) in [7, 11) is 0. The van der Waals surface area contributed by atoms with Gasteiger partial charge < -0.3 is 14.7 Å². The number of ether oxygens (including phenoxy) is 1. The Bertz CT molecular complexity index is 599. The molecule has 0 fully saturated rings. The Morgan fingerprint density at radius 3 is 2.76 bits per heavy atom. The smallest absolute Gasteiger partial charge is 0.346 e. The molecule has 0 saturated carbocycles. The van der Waals surface area contributed by atoms with Gasteiger partial charge in [-0.15, -0.1) is 0 Å². The molecule has 6 heteroatoms. The van der Waals surface area contributed by atoms with E-state index >= 15 is 0 Å². The zero-order valence-corrected chi connectivity index (χ0v) is 11.4. The third kappa shape index (κ3) is 2.56. The first-order valence-electron chi connectivity index (χ1n) is 6.87. The summed E-state index contributed by atoms with van der Waals surface area (Å²) < 4.78 is 5.44. The van der Waals surface area contributed by atoms with Crippen LogP contribution in [0, 0.1) is 0 Å². The van der Waals surface area contributed by atoms with Crippen LogP contribution >= 0.6 is 0 Å². The third-order valence-electron chi connectivity index (χ3n) is 3.61. The lowest BCUT2D eigenvalue weighted by Crippen LogP contribution is -2.52. The van der Waals surface area contributed by atoms with Gasteiger partial charge in [0, 0.05) is 13.1 Å². The molecule has 21 heavy (non-hydrogen) atoms. The molecule has 1 unspecified atom stereocenters. The van der Waals surface area contributed by atoms with Crippen LogP contribution in [0.3, 0.4) is 0 Å². The lowest BCUT2D eigenvalue weighted by atomic mass is 10.2. The second kappa shape index (κ2) is 5.47. The number of anilines is 1. The normalized spacial score (nSPS) is 20.7. The number of amides is 2. The predicted molar refractivity (Wildman–Crippen MR) is 76.6 cm³/mol. The highest BCUT2D eigenvalue weighted by Crippen LogP contribution is 2.33. The molecule has 1 aromatic rings. The van der Waals surface area contributed by atoms with Crippen LogP contribution in [0.5, 0.6) is 5.75 Å². The average molecular weight is 288 g/mol. The fraction of sp³-hybridized carbons (Fsp3) is 0.333. The zero-order chi connectivity index (χ0) is 14.8. The molecule has 110 valence electrons. The average Bonchev–Trinajstić information content (AvgIpc) is 2.54. The van der Waals surface area contributed by atoms with Crippen LogP contribution in [0.15, 0.2) is 36.4 Å². The van der Waals surface area contributed by atoms with Crippen molar-refractivity contribution in [1.29, 1.82) is 0 Å². The molecule has 2 aliphatic heterocycles. The lowest BCUT2D eigenvalue weighted by molar-refractivity contribution is -0.144. The van der Waals surface area contributed by atoms with E-state index in [0.717, 1.165) is 6.42 Å². The maximum Gasteiger partial charge on any atom is 0.346 e. The number of benzene rings is 1. The lowest BCUT2D eigenvalue weighted by Gasteiger charge is -2.36. The van der Waals surface area contributed by atoms with E-state index in [1.165, 1.54) is 4.90 Å². The van der Waals surface area contributed by atoms with E-state index in [-0.39, 0.29) is 12.6 Å². The van der Waals surface area contributed by atoms with Crippen LogP contribution < -0.4 is 9.64 Å². The Kier molecular flexibility index (Phi) is 3.51. The Morgan fingerprint density at radius 1 is 1.24 bits per heavy atom. The van der Waals surface area contributed by atoms with Gasteiger partial charge in [0.2, 0.25) is 6.10 Å². The van der Waals surface area contributed by atoms with Crippen molar-refractivity contribution in [3.63, 3.8) is 0 Å². The van der Waals surface area contributed by atoms with Gasteiger partial charge in [0.25, 0.3) is 0 Å². The number of carboxylic acid groups (broad SMARTS) is 1. The van der Waals surface area contributed by atoms with Crippen molar-refractivity contribution in [1.82, 2.24) is 4.90 Å². The summed E-state index contributed by atoms with van der Waals surface area (Å²) in [5.41, 5.74) is 0.620. The van der Waals surface area contributed by atoms with Crippen molar-refractivity contribution >= 4 is 17.7 Å². The van der Waals surface area contributed by atoms with Crippen molar-refractivity contribution in [2.45, 2.75) is 12.5 Å². The molecule has 2 heterocycles. The van der Waals surface area contributed by atoms with Gasteiger partial charge in [0.05, 0.1) is 12.2 Å². The summed E-state index contributed by atoms with van der Waals surface area (Å²) >= 11 is 0. The first-order valence-corrected chi connectivity index (χ1v) is 6.87. The summed E-state index contributed by atoms with van der Waals surface area (Å²) in [6.45, 7) is 1.22. The number of carbonyl (C=O) groups excluding carboxylic acids is 1. The molecule has 0 spiro atoms. The van der Waals surface area contributed by atoms with Crippen LogP contribution in [0.1, 0.15) is 6.42 Å². The number of para-hydroxylation sites is 2. The number of urea groups is 1. The first kappa shape index (κ1) is 13.5. The highest BCUT2D eigenvalue weighted by Gasteiger charge is 2.35. The number of aliphatic carboxylic acids is 1. The van der Waals surface area contributed by atoms with Gasteiger partial charge in [-0.2, -0.15) is 0 Å². The second-order valence-electron chi connectivity index (χ2n) is 5.01. The highest BCUT2D eigenvalue weighted by molar-refractivity contribution is 5.95. The van der Waals surface area contributed by atoms with Gasteiger partial charge in [0.1, 0.15) is 5.75 Å². The van der Waals surface area contributed by atoms with Crippen LogP contribution in [-0.4, -0.2) is 47.7 Å². The summed E-state index contributed by atoms with van der Waals surface area (Å²) in [5.74, 6) is -0.641. The van der Waals surface area contributed by atoms with Crippen LogP contribution in [0.4, 0.5) is 10.5 Å². The predicted octanol–water partition coefficient (Wildman–Crippen LogP) is 1.72. The standard InChI is InChI=1S/C15H16N2O4/c18-14(19)13-10-17(11-6-2-3-7-12(11)21-13)15(20)16-8-4-1-5-9-16/h1-4,6-7,13H,5,8-10H2,(H,18,19). The molecule has 1 N–H and O–H groups in total. The zero-order valence-electron chi connectivity index (χ0n) is 11.4. The van der Waals surface area contributed by atoms with Crippen LogP contribution in [-0.2, 0) is 4.79 Å². The number of carbonyl (C=O) groups is 2. The monoisotopic (exact) mass is 288 g/mol. The minimum Gasteiger partial charge on any atom is -0.478 e. The van der Waals surface area contributed by atoms with Crippen LogP contribution in [0.2, 0.25) is 0 Å². The van der Waals surface area contributed by atoms with Gasteiger partial charge >= 0.3 is 12.0 Å². The van der Waals surface area contributed by atoms with Gasteiger partial charge in [-0.05, 0) is 18.6 Å². The SMILES string of the molecule is O=C(O)C1CN(C(=O)N2CC=CCC2)c2ccccc2O1. The fourth-order valence-electron chi connectivity index (χ4n) is 2.53. The Labute approximate surface area is 122 Å². The minimum absolute atomic E-state index is 0.0192. The molecule has 2 amide bonds. The van der Waals surface area contributed by atoms with Crippen molar-refractivity contribution in [3.05, 3.63) is 36.4 Å². The van der Waals surface area contributed by atoms with Crippen molar-refractivity contribution in [3.8, 4) is 5.75 Å². The Hall–Kier alpha value is -2.50. The van der Waals surface area contributed by atoms with Gasteiger partial charge in [-0.25, -0.2) is 9.59 Å². The molecule has 0 radical (unpaired) electrons. The quantitative estimate of drug-likeness (QED) is 0.799. The molecule has 0 saturated heterocycles. The van der Waals surface area contributed by atoms with E-state index in [1.807, 2.05) is 12.2 Å². The maximum absolute atomic E-state index is 12.7. The van der Waals surface area contributed by atoms with Crippen molar-refractivity contribution in [2.75, 3.05) is 24.5 Å². The first-order chi connectivity index (χ1) is 10.2. The number of fused-ring (bicyclic) bond motifs is 1. The topological polar surface area (TPSA) is 70.1 Å². The van der Waals surface area contributed by atoms with Crippen molar-refractivity contribution in [2.24, 2.45) is 0 Å². The summed E-state index contributed by atoms with van der Waals surface area (Å²) in [5, 5.41) is 9.19. The van der Waals surface area contributed by atoms with Gasteiger partial charge in [0.15, 0.2) is 0 Å². The number of hydrogen-bond acceptors (Lipinski definition) is 3. The number of nitrogens with zero attached hydrogens (tertiary/aromatic N) is 2. The maximum atomic E-state index is 12.7. The second-order valence-corrected chi connectivity index (χ2v) is 5.01. The van der Waals surface area contributed by atoms with E-state index in [1.54, 1.807) is 29.2 Å². The van der Waals surface area contributed by atoms with Crippen LogP contribution in [0.25, 0.3) is 0 Å². The fourth-order valence-corrected chi connectivity index (χ4v) is 2.53.